The summed E-state index contributed by atoms with van der Waals surface area (Å²) in [6.45, 7) is 1.24. The molecule has 0 aliphatic heterocycles. The third kappa shape index (κ3) is 1.91. The van der Waals surface area contributed by atoms with E-state index in [1.807, 2.05) is 18.2 Å². The molecule has 90 valence electrons. The minimum Gasteiger partial charge on any atom is -0.376 e. The number of carbonyl (C=O) groups excluding carboxylic acids is 1. The van der Waals surface area contributed by atoms with E-state index in [1.54, 1.807) is 0 Å². The molecular formula is C15H18O2. The molecule has 1 unspecified atom stereocenters. The quantitative estimate of drug-likeness (QED) is 0.795. The predicted octanol–water partition coefficient (Wildman–Crippen LogP) is 2.96. The molecule has 1 aromatic rings. The molecule has 17 heavy (non-hydrogen) atoms. The second-order valence-corrected chi connectivity index (χ2v) is 5.41. The van der Waals surface area contributed by atoms with Gasteiger partial charge in [0.25, 0.3) is 0 Å². The lowest BCUT2D eigenvalue weighted by atomic mass is 9.49. The van der Waals surface area contributed by atoms with Gasteiger partial charge in [0.1, 0.15) is 5.78 Å². The van der Waals surface area contributed by atoms with E-state index in [0.717, 1.165) is 6.42 Å². The number of Topliss-reactive ketones (excluding diaryl/α,β-unsaturated/α-hetero) is 1. The molecule has 3 rings (SSSR count). The Morgan fingerprint density at radius 3 is 2.59 bits per heavy atom. The number of hydrogen-bond donors (Lipinski definition) is 0. The largest absolute Gasteiger partial charge is 0.376 e. The molecule has 1 aromatic carbocycles. The first-order chi connectivity index (χ1) is 8.30. The van der Waals surface area contributed by atoms with Crippen molar-refractivity contribution in [2.24, 2.45) is 11.3 Å². The Morgan fingerprint density at radius 1 is 1.24 bits per heavy atom. The lowest BCUT2D eigenvalue weighted by molar-refractivity contribution is -0.158. The molecule has 0 amide bonds. The maximum Gasteiger partial charge on any atom is 0.139 e. The topological polar surface area (TPSA) is 26.3 Å². The van der Waals surface area contributed by atoms with Crippen molar-refractivity contribution in [2.75, 3.05) is 6.61 Å². The summed E-state index contributed by atoms with van der Waals surface area (Å²) < 4.78 is 5.70. The van der Waals surface area contributed by atoms with Gasteiger partial charge in [-0.1, -0.05) is 36.8 Å². The van der Waals surface area contributed by atoms with Gasteiger partial charge in [-0.05, 0) is 23.8 Å². The van der Waals surface area contributed by atoms with Crippen molar-refractivity contribution in [3.05, 3.63) is 35.9 Å². The number of ketones is 1. The zero-order chi connectivity index (χ0) is 11.7. The smallest absolute Gasteiger partial charge is 0.139 e. The van der Waals surface area contributed by atoms with E-state index in [9.17, 15) is 4.79 Å². The molecule has 0 saturated heterocycles. The summed E-state index contributed by atoms with van der Waals surface area (Å²) in [4.78, 5) is 11.6. The van der Waals surface area contributed by atoms with Crippen molar-refractivity contribution in [1.29, 1.82) is 0 Å². The Kier molecular flexibility index (Phi) is 2.75. The van der Waals surface area contributed by atoms with Crippen LogP contribution >= 0.6 is 0 Å². The van der Waals surface area contributed by atoms with E-state index in [4.69, 9.17) is 4.74 Å². The van der Waals surface area contributed by atoms with Crippen LogP contribution in [-0.4, -0.2) is 12.4 Å². The summed E-state index contributed by atoms with van der Waals surface area (Å²) in [6, 6.07) is 10.1. The number of rotatable bonds is 4. The van der Waals surface area contributed by atoms with Crippen LogP contribution in [0.5, 0.6) is 0 Å². The van der Waals surface area contributed by atoms with Gasteiger partial charge >= 0.3 is 0 Å². The molecule has 0 N–H and O–H groups in total. The Bertz CT molecular complexity index is 406. The first-order valence-corrected chi connectivity index (χ1v) is 6.45. The summed E-state index contributed by atoms with van der Waals surface area (Å²) in [5.74, 6) is 0.609. The zero-order valence-electron chi connectivity index (χ0n) is 10.0. The van der Waals surface area contributed by atoms with E-state index in [0.29, 0.717) is 24.4 Å². The van der Waals surface area contributed by atoms with Gasteiger partial charge < -0.3 is 4.74 Å². The van der Waals surface area contributed by atoms with E-state index < -0.39 is 0 Å². The molecule has 2 nitrogen and oxygen atoms in total. The van der Waals surface area contributed by atoms with Crippen molar-refractivity contribution < 1.29 is 9.53 Å². The van der Waals surface area contributed by atoms with Crippen molar-refractivity contribution in [1.82, 2.24) is 0 Å². The highest BCUT2D eigenvalue weighted by Crippen LogP contribution is 2.57. The van der Waals surface area contributed by atoms with Gasteiger partial charge in [-0.2, -0.15) is 0 Å². The fourth-order valence-electron chi connectivity index (χ4n) is 3.10. The SMILES string of the molecule is O=C1CC2(CCC2)C1COCc1ccccc1. The van der Waals surface area contributed by atoms with Crippen LogP contribution < -0.4 is 0 Å². The summed E-state index contributed by atoms with van der Waals surface area (Å²) in [7, 11) is 0. The third-order valence-corrected chi connectivity index (χ3v) is 4.40. The molecule has 0 aromatic heterocycles. The van der Waals surface area contributed by atoms with Crippen LogP contribution in [-0.2, 0) is 16.1 Å². The van der Waals surface area contributed by atoms with Crippen molar-refractivity contribution in [3.8, 4) is 0 Å². The molecular weight excluding hydrogens is 212 g/mol. The Labute approximate surface area is 102 Å². The number of carbonyl (C=O) groups is 1. The van der Waals surface area contributed by atoms with E-state index >= 15 is 0 Å². The predicted molar refractivity (Wildman–Crippen MR) is 65.5 cm³/mol. The summed E-state index contributed by atoms with van der Waals surface area (Å²) >= 11 is 0. The molecule has 2 saturated carbocycles. The Balaban J connectivity index is 1.50. The number of hydrogen-bond acceptors (Lipinski definition) is 2. The zero-order valence-corrected chi connectivity index (χ0v) is 10.0. The molecule has 2 heteroatoms. The second kappa shape index (κ2) is 4.26. The summed E-state index contributed by atoms with van der Waals surface area (Å²) in [5, 5.41) is 0. The summed E-state index contributed by atoms with van der Waals surface area (Å²) in [5.41, 5.74) is 1.54. The lowest BCUT2D eigenvalue weighted by Gasteiger charge is -2.54. The van der Waals surface area contributed by atoms with Crippen LogP contribution in [0.2, 0.25) is 0 Å². The maximum absolute atomic E-state index is 11.6. The fourth-order valence-corrected chi connectivity index (χ4v) is 3.10. The van der Waals surface area contributed by atoms with Crippen LogP contribution in [0, 0.1) is 11.3 Å². The van der Waals surface area contributed by atoms with Crippen LogP contribution in [0.1, 0.15) is 31.2 Å². The van der Waals surface area contributed by atoms with Gasteiger partial charge in [-0.3, -0.25) is 4.79 Å². The van der Waals surface area contributed by atoms with Gasteiger partial charge in [0.05, 0.1) is 13.2 Å². The van der Waals surface area contributed by atoms with Gasteiger partial charge in [0, 0.05) is 12.3 Å². The highest BCUT2D eigenvalue weighted by atomic mass is 16.5. The monoisotopic (exact) mass is 230 g/mol. The van der Waals surface area contributed by atoms with E-state index in [1.165, 1.54) is 24.8 Å². The third-order valence-electron chi connectivity index (χ3n) is 4.40. The van der Waals surface area contributed by atoms with Crippen LogP contribution in [0.3, 0.4) is 0 Å². The van der Waals surface area contributed by atoms with Crippen molar-refractivity contribution >= 4 is 5.78 Å². The standard InChI is InChI=1S/C15H18O2/c16-14-9-15(7-4-8-15)13(14)11-17-10-12-5-2-1-3-6-12/h1-3,5-6,13H,4,7-11H2. The van der Waals surface area contributed by atoms with Crippen LogP contribution in [0.15, 0.2) is 30.3 Å². The molecule has 2 aliphatic rings. The highest BCUT2D eigenvalue weighted by molar-refractivity contribution is 5.89. The average molecular weight is 230 g/mol. The molecule has 0 bridgehead atoms. The highest BCUT2D eigenvalue weighted by Gasteiger charge is 2.56. The summed E-state index contributed by atoms with van der Waals surface area (Å²) in [6.07, 6.45) is 4.57. The fraction of sp³-hybridized carbons (Fsp3) is 0.533. The van der Waals surface area contributed by atoms with Crippen molar-refractivity contribution in [3.63, 3.8) is 0 Å². The first kappa shape index (κ1) is 11.0. The molecule has 1 atom stereocenters. The van der Waals surface area contributed by atoms with Crippen molar-refractivity contribution in [2.45, 2.75) is 32.3 Å². The van der Waals surface area contributed by atoms with Gasteiger partial charge in [-0.15, -0.1) is 0 Å². The Morgan fingerprint density at radius 2 is 2.00 bits per heavy atom. The minimum absolute atomic E-state index is 0.194. The van der Waals surface area contributed by atoms with Gasteiger partial charge in [0.15, 0.2) is 0 Å². The van der Waals surface area contributed by atoms with E-state index in [-0.39, 0.29) is 5.92 Å². The normalized spacial score (nSPS) is 25.4. The maximum atomic E-state index is 11.6. The first-order valence-electron chi connectivity index (χ1n) is 6.45. The molecule has 2 aliphatic carbocycles. The molecule has 0 radical (unpaired) electrons. The number of benzene rings is 1. The lowest BCUT2D eigenvalue weighted by Crippen LogP contribution is -2.54. The van der Waals surface area contributed by atoms with Crippen LogP contribution in [0.4, 0.5) is 0 Å². The van der Waals surface area contributed by atoms with Gasteiger partial charge in [0.2, 0.25) is 0 Å². The molecule has 0 heterocycles. The van der Waals surface area contributed by atoms with Crippen LogP contribution in [0.25, 0.3) is 0 Å². The minimum atomic E-state index is 0.194. The van der Waals surface area contributed by atoms with E-state index in [2.05, 4.69) is 12.1 Å². The number of ether oxygens (including phenoxy) is 1. The second-order valence-electron chi connectivity index (χ2n) is 5.41. The molecule has 1 spiro atoms. The Hall–Kier alpha value is -1.15. The van der Waals surface area contributed by atoms with Gasteiger partial charge in [-0.25, -0.2) is 0 Å². The molecule has 2 fully saturated rings. The average Bonchev–Trinajstić information content (AvgIpc) is 2.30.